The molecule has 5 rings (SSSR count). The lowest BCUT2D eigenvalue weighted by Crippen LogP contribution is -2.49. The lowest BCUT2D eigenvalue weighted by molar-refractivity contribution is -0.138. The summed E-state index contributed by atoms with van der Waals surface area (Å²) in [6.45, 7) is 1.14. The maximum Gasteiger partial charge on any atom is 0.412 e. The predicted molar refractivity (Wildman–Crippen MR) is 183 cm³/mol. The third-order valence-corrected chi connectivity index (χ3v) is 10.1. The van der Waals surface area contributed by atoms with Crippen LogP contribution in [0.1, 0.15) is 83.9 Å². The minimum atomic E-state index is -3.23. The number of carbonyl (C=O) groups is 4. The van der Waals surface area contributed by atoms with Gasteiger partial charge in [-0.1, -0.05) is 56.5 Å². The second-order valence-electron chi connectivity index (χ2n) is 12.8. The molecule has 0 radical (unpaired) electrons. The first kappa shape index (κ1) is 37.5. The van der Waals surface area contributed by atoms with E-state index < -0.39 is 73.7 Å². The number of nitrogens with one attached hydrogen (secondary N) is 4. The van der Waals surface area contributed by atoms with Gasteiger partial charge in [-0.15, -0.1) is 11.3 Å². The van der Waals surface area contributed by atoms with Gasteiger partial charge in [-0.05, 0) is 42.7 Å². The number of thiophene rings is 1. The lowest BCUT2D eigenvalue weighted by Gasteiger charge is -2.25. The standard InChI is InChI=1S/C36H39F4N5O5S/c1-3-4-5-8-13-50-34(49)44-31(41)23-15-29(51-18-23)21(2)43-33(48)28-16-35(38,19-37)20-45(28)30(46)17-42-32(47)22-11-12-27-25(14-22)24-9-6-7-10-26(24)36(27,39)40/h6-7,9-12,14-15,18,21,28H,3-5,8,13,16-17,19-20H2,1-2H3,(H,42,47)(H,43,48)(H2,41,44,49)/t21-,28+,35+/m1/s1. The molecule has 4 amide bonds. The van der Waals surface area contributed by atoms with Crippen LogP contribution in [0, 0.1) is 5.41 Å². The Morgan fingerprint density at radius 2 is 1.76 bits per heavy atom. The van der Waals surface area contributed by atoms with Gasteiger partial charge < -0.3 is 20.3 Å². The molecule has 0 bridgehead atoms. The number of amidine groups is 1. The number of unbranched alkanes of at least 4 members (excludes halogenated alkanes) is 3. The van der Waals surface area contributed by atoms with Crippen LogP contribution in [0.5, 0.6) is 0 Å². The van der Waals surface area contributed by atoms with Crippen LogP contribution >= 0.6 is 11.3 Å². The molecule has 1 aromatic heterocycles. The molecule has 0 saturated carbocycles. The van der Waals surface area contributed by atoms with Gasteiger partial charge in [-0.25, -0.2) is 13.6 Å². The minimum Gasteiger partial charge on any atom is -0.449 e. The van der Waals surface area contributed by atoms with Gasteiger partial charge >= 0.3 is 6.09 Å². The molecule has 2 aromatic carbocycles. The lowest BCUT2D eigenvalue weighted by atomic mass is 10.0. The molecular weight excluding hydrogens is 690 g/mol. The van der Waals surface area contributed by atoms with Crippen molar-refractivity contribution >= 4 is 41.0 Å². The highest BCUT2D eigenvalue weighted by molar-refractivity contribution is 7.10. The molecule has 4 N–H and O–H groups in total. The second-order valence-corrected chi connectivity index (χ2v) is 13.7. The van der Waals surface area contributed by atoms with Crippen molar-refractivity contribution < 1.29 is 41.5 Å². The van der Waals surface area contributed by atoms with Crippen LogP contribution in [0.15, 0.2) is 53.9 Å². The van der Waals surface area contributed by atoms with Gasteiger partial charge in [-0.2, -0.15) is 8.78 Å². The number of carbonyl (C=O) groups excluding carboxylic acids is 4. The quantitative estimate of drug-likeness (QED) is 0.0699. The number of fused-ring (bicyclic) bond motifs is 3. The van der Waals surface area contributed by atoms with E-state index in [2.05, 4.69) is 22.9 Å². The molecule has 1 aliphatic heterocycles. The van der Waals surface area contributed by atoms with Gasteiger partial charge in [0.1, 0.15) is 18.6 Å². The molecule has 0 spiro atoms. The first-order valence-electron chi connectivity index (χ1n) is 16.6. The number of alkyl halides is 4. The summed E-state index contributed by atoms with van der Waals surface area (Å²) in [5.41, 5.74) is -2.05. The average molecular weight is 730 g/mol. The topological polar surface area (TPSA) is 141 Å². The van der Waals surface area contributed by atoms with Crippen molar-refractivity contribution in [3.8, 4) is 11.1 Å². The Labute approximate surface area is 296 Å². The Morgan fingerprint density at radius 1 is 1.02 bits per heavy atom. The van der Waals surface area contributed by atoms with Crippen molar-refractivity contribution in [1.82, 2.24) is 20.9 Å². The van der Waals surface area contributed by atoms with Crippen LogP contribution in [0.3, 0.4) is 0 Å². The molecule has 1 fully saturated rings. The number of benzene rings is 2. The van der Waals surface area contributed by atoms with Gasteiger partial charge in [0.15, 0.2) is 5.67 Å². The van der Waals surface area contributed by atoms with Crippen LogP contribution in [0.25, 0.3) is 11.1 Å². The van der Waals surface area contributed by atoms with E-state index in [0.29, 0.717) is 10.4 Å². The van der Waals surface area contributed by atoms with Crippen LogP contribution in [0.2, 0.25) is 0 Å². The number of nitrogens with zero attached hydrogens (tertiary/aromatic N) is 1. The summed E-state index contributed by atoms with van der Waals surface area (Å²) in [6, 6.07) is 9.19. The number of hydrogen-bond donors (Lipinski definition) is 4. The zero-order chi connectivity index (χ0) is 36.9. The first-order chi connectivity index (χ1) is 24.3. The molecule has 272 valence electrons. The Kier molecular flexibility index (Phi) is 11.5. The van der Waals surface area contributed by atoms with Crippen molar-refractivity contribution in [2.45, 2.75) is 69.6 Å². The van der Waals surface area contributed by atoms with E-state index in [9.17, 15) is 32.3 Å². The number of likely N-dealkylation sites (tertiary alicyclic amines) is 1. The van der Waals surface area contributed by atoms with E-state index in [1.807, 2.05) is 0 Å². The molecule has 15 heteroatoms. The van der Waals surface area contributed by atoms with E-state index >= 15 is 4.39 Å². The summed E-state index contributed by atoms with van der Waals surface area (Å²) in [5.74, 6) is -5.76. The molecule has 1 saturated heterocycles. The van der Waals surface area contributed by atoms with Crippen molar-refractivity contribution in [1.29, 1.82) is 5.41 Å². The monoisotopic (exact) mass is 729 g/mol. The van der Waals surface area contributed by atoms with E-state index in [0.717, 1.165) is 36.6 Å². The Hall–Kier alpha value is -4.79. The highest BCUT2D eigenvalue weighted by Gasteiger charge is 2.50. The zero-order valence-corrected chi connectivity index (χ0v) is 28.9. The Morgan fingerprint density at radius 3 is 2.51 bits per heavy atom. The van der Waals surface area contributed by atoms with Crippen molar-refractivity contribution in [2.75, 3.05) is 26.4 Å². The van der Waals surface area contributed by atoms with Gasteiger partial charge in [0, 0.05) is 38.9 Å². The van der Waals surface area contributed by atoms with Crippen molar-refractivity contribution in [3.05, 3.63) is 81.0 Å². The number of alkyl carbamates (subject to hydrolysis) is 1. The molecule has 2 heterocycles. The molecule has 51 heavy (non-hydrogen) atoms. The van der Waals surface area contributed by atoms with E-state index in [1.54, 1.807) is 24.4 Å². The fourth-order valence-corrected chi connectivity index (χ4v) is 7.11. The third-order valence-electron chi connectivity index (χ3n) is 8.98. The third kappa shape index (κ3) is 8.24. The first-order valence-corrected chi connectivity index (χ1v) is 17.5. The maximum atomic E-state index is 15.3. The number of ether oxygens (including phenoxy) is 1. The summed E-state index contributed by atoms with van der Waals surface area (Å²) in [6.07, 6.45) is 2.38. The summed E-state index contributed by atoms with van der Waals surface area (Å²) in [5, 5.41) is 17.3. The van der Waals surface area contributed by atoms with Gasteiger partial charge in [0.2, 0.25) is 11.8 Å². The maximum absolute atomic E-state index is 15.3. The molecule has 3 atom stereocenters. The molecule has 0 unspecified atom stereocenters. The van der Waals surface area contributed by atoms with E-state index in [1.165, 1.54) is 41.7 Å². The molecule has 10 nitrogen and oxygen atoms in total. The molecular formula is C36H39F4N5O5S. The van der Waals surface area contributed by atoms with Crippen LogP contribution < -0.4 is 16.0 Å². The SMILES string of the molecule is CCCCCCOC(=O)NC(=N)c1csc([C@@H](C)NC(=O)[C@@H]2C[C@](F)(CF)CN2C(=O)CNC(=O)c2ccc3c(c2)-c2ccccc2C3(F)F)c1. The fraction of sp³-hybridized carbons (Fsp3) is 0.417. The minimum absolute atomic E-state index is 0.0140. The van der Waals surface area contributed by atoms with Crippen molar-refractivity contribution in [2.24, 2.45) is 0 Å². The van der Waals surface area contributed by atoms with Crippen molar-refractivity contribution in [3.63, 3.8) is 0 Å². The number of hydrogen-bond acceptors (Lipinski definition) is 7. The average Bonchev–Trinajstić information content (AvgIpc) is 3.81. The predicted octanol–water partition coefficient (Wildman–Crippen LogP) is 6.39. The smallest absolute Gasteiger partial charge is 0.412 e. The normalized spacial score (nSPS) is 19.1. The summed E-state index contributed by atoms with van der Waals surface area (Å²) in [7, 11) is 0. The number of rotatable bonds is 13. The highest BCUT2D eigenvalue weighted by Crippen LogP contribution is 2.51. The van der Waals surface area contributed by atoms with Crippen LogP contribution in [-0.2, 0) is 20.2 Å². The van der Waals surface area contributed by atoms with Crippen LogP contribution in [-0.4, -0.2) is 72.6 Å². The van der Waals surface area contributed by atoms with Crippen LogP contribution in [0.4, 0.5) is 22.4 Å². The van der Waals surface area contributed by atoms with E-state index in [4.69, 9.17) is 10.1 Å². The largest absolute Gasteiger partial charge is 0.449 e. The number of halogens is 4. The second kappa shape index (κ2) is 15.6. The fourth-order valence-electron chi connectivity index (χ4n) is 6.20. The Balaban J connectivity index is 1.18. The van der Waals surface area contributed by atoms with E-state index in [-0.39, 0.29) is 40.3 Å². The van der Waals surface area contributed by atoms with Gasteiger partial charge in [0.05, 0.1) is 25.7 Å². The summed E-state index contributed by atoms with van der Waals surface area (Å²) >= 11 is 1.20. The molecule has 2 aliphatic rings. The molecule has 1 aliphatic carbocycles. The summed E-state index contributed by atoms with van der Waals surface area (Å²) < 4.78 is 64.0. The number of amides is 4. The van der Waals surface area contributed by atoms with Gasteiger partial charge in [-0.3, -0.25) is 25.1 Å². The highest BCUT2D eigenvalue weighted by atomic mass is 32.1. The zero-order valence-electron chi connectivity index (χ0n) is 28.1. The molecule has 3 aromatic rings. The Bertz CT molecular complexity index is 1820. The van der Waals surface area contributed by atoms with Gasteiger partial charge in [0.25, 0.3) is 11.8 Å². The summed E-state index contributed by atoms with van der Waals surface area (Å²) in [4.78, 5) is 53.1.